The average Bonchev–Trinajstić information content (AvgIpc) is 2.75. The maximum Gasteiger partial charge on any atom is 0.251 e. The van der Waals surface area contributed by atoms with Crippen molar-refractivity contribution in [1.29, 1.82) is 0 Å². The minimum Gasteiger partial charge on any atom is -0.352 e. The number of nitrogens with zero attached hydrogens (tertiary/aromatic N) is 1. The summed E-state index contributed by atoms with van der Waals surface area (Å²) in [5.41, 5.74) is 1.91. The number of sulfonamides is 1. The second-order valence-corrected chi connectivity index (χ2v) is 9.31. The lowest BCUT2D eigenvalue weighted by Gasteiger charge is -2.30. The number of anilines is 1. The molecule has 1 aliphatic rings. The van der Waals surface area contributed by atoms with Crippen molar-refractivity contribution in [2.45, 2.75) is 25.5 Å². The molecule has 0 aliphatic carbocycles. The molecule has 160 valence electrons. The van der Waals surface area contributed by atoms with Gasteiger partial charge in [0.15, 0.2) is 0 Å². The molecule has 8 heteroatoms. The fraction of sp³-hybridized carbons (Fsp3) is 0.364. The molecule has 2 aromatic carbocycles. The van der Waals surface area contributed by atoms with Crippen LogP contribution in [-0.4, -0.2) is 44.2 Å². The van der Waals surface area contributed by atoms with Gasteiger partial charge in [-0.2, -0.15) is 0 Å². The van der Waals surface area contributed by atoms with Gasteiger partial charge in [0.25, 0.3) is 5.91 Å². The number of piperidine rings is 1. The van der Waals surface area contributed by atoms with Gasteiger partial charge in [-0.25, -0.2) is 12.7 Å². The number of hydrogen-bond donors (Lipinski definition) is 2. The molecule has 30 heavy (non-hydrogen) atoms. The summed E-state index contributed by atoms with van der Waals surface area (Å²) in [6.45, 7) is 3.08. The van der Waals surface area contributed by atoms with E-state index in [0.29, 0.717) is 43.7 Å². The van der Waals surface area contributed by atoms with Gasteiger partial charge in [0.1, 0.15) is 0 Å². The Bertz CT molecular complexity index is 967. The minimum absolute atomic E-state index is 0.0251. The zero-order valence-electron chi connectivity index (χ0n) is 17.0. The normalized spacial score (nSPS) is 15.5. The smallest absolute Gasteiger partial charge is 0.251 e. The highest BCUT2D eigenvalue weighted by Gasteiger charge is 2.31. The van der Waals surface area contributed by atoms with Crippen molar-refractivity contribution in [3.8, 4) is 0 Å². The van der Waals surface area contributed by atoms with Crippen molar-refractivity contribution in [2.24, 2.45) is 5.92 Å². The van der Waals surface area contributed by atoms with E-state index >= 15 is 0 Å². The summed E-state index contributed by atoms with van der Waals surface area (Å²) in [6.07, 6.45) is 0.966. The predicted molar refractivity (Wildman–Crippen MR) is 116 cm³/mol. The molecule has 0 bridgehead atoms. The van der Waals surface area contributed by atoms with Crippen molar-refractivity contribution in [3.63, 3.8) is 0 Å². The Morgan fingerprint density at radius 1 is 1.00 bits per heavy atom. The van der Waals surface area contributed by atoms with E-state index in [9.17, 15) is 18.0 Å². The van der Waals surface area contributed by atoms with Crippen molar-refractivity contribution >= 4 is 27.5 Å². The fourth-order valence-corrected chi connectivity index (χ4v) is 5.05. The van der Waals surface area contributed by atoms with Crippen molar-refractivity contribution in [2.75, 3.05) is 25.0 Å². The molecule has 0 saturated carbocycles. The van der Waals surface area contributed by atoms with Gasteiger partial charge in [0.05, 0.1) is 5.75 Å². The molecule has 0 spiro atoms. The molecule has 0 atom stereocenters. The van der Waals surface area contributed by atoms with Crippen LogP contribution < -0.4 is 10.6 Å². The molecule has 2 N–H and O–H groups in total. The highest BCUT2D eigenvalue weighted by molar-refractivity contribution is 7.88. The number of amides is 2. The number of rotatable bonds is 7. The molecule has 1 fully saturated rings. The van der Waals surface area contributed by atoms with Crippen LogP contribution in [0.3, 0.4) is 0 Å². The van der Waals surface area contributed by atoms with E-state index in [4.69, 9.17) is 0 Å². The SMILES string of the molecule is CCNC(=O)c1ccc(NC(=O)C2CCN(S(=O)(=O)Cc3ccccc3)CC2)cc1. The van der Waals surface area contributed by atoms with Crippen LogP contribution in [0.15, 0.2) is 54.6 Å². The number of carbonyl (C=O) groups excluding carboxylic acids is 2. The Morgan fingerprint density at radius 3 is 2.23 bits per heavy atom. The Morgan fingerprint density at radius 2 is 1.63 bits per heavy atom. The standard InChI is InChI=1S/C22H27N3O4S/c1-2-23-21(26)18-8-10-20(11-9-18)24-22(27)19-12-14-25(15-13-19)30(28,29)16-17-6-4-3-5-7-17/h3-11,19H,2,12-16H2,1H3,(H,23,26)(H,24,27). The lowest BCUT2D eigenvalue weighted by Crippen LogP contribution is -2.41. The molecular weight excluding hydrogens is 402 g/mol. The largest absolute Gasteiger partial charge is 0.352 e. The van der Waals surface area contributed by atoms with Crippen LogP contribution in [0.2, 0.25) is 0 Å². The van der Waals surface area contributed by atoms with E-state index in [1.54, 1.807) is 36.4 Å². The monoisotopic (exact) mass is 429 g/mol. The Balaban J connectivity index is 1.52. The third-order valence-corrected chi connectivity index (χ3v) is 7.01. The molecule has 1 aliphatic heterocycles. The summed E-state index contributed by atoms with van der Waals surface area (Å²) in [5, 5.41) is 5.59. The van der Waals surface area contributed by atoms with Crippen LogP contribution in [0, 0.1) is 5.92 Å². The van der Waals surface area contributed by atoms with Gasteiger partial charge < -0.3 is 10.6 Å². The summed E-state index contributed by atoms with van der Waals surface area (Å²) in [5.74, 6) is -0.542. The third kappa shape index (κ3) is 5.67. The summed E-state index contributed by atoms with van der Waals surface area (Å²) in [4.78, 5) is 24.4. The van der Waals surface area contributed by atoms with Crippen LogP contribution >= 0.6 is 0 Å². The molecule has 2 aromatic rings. The van der Waals surface area contributed by atoms with Gasteiger partial charge in [-0.05, 0) is 49.6 Å². The molecule has 0 radical (unpaired) electrons. The maximum atomic E-state index is 12.6. The number of hydrogen-bond acceptors (Lipinski definition) is 4. The van der Waals surface area contributed by atoms with Gasteiger partial charge in [-0.15, -0.1) is 0 Å². The van der Waals surface area contributed by atoms with E-state index in [0.717, 1.165) is 5.56 Å². The van der Waals surface area contributed by atoms with Gasteiger partial charge in [0, 0.05) is 36.8 Å². The number of nitrogens with one attached hydrogen (secondary N) is 2. The second-order valence-electron chi connectivity index (χ2n) is 7.34. The molecule has 3 rings (SSSR count). The number of benzene rings is 2. The van der Waals surface area contributed by atoms with Crippen LogP contribution in [0.4, 0.5) is 5.69 Å². The first-order valence-corrected chi connectivity index (χ1v) is 11.7. The molecule has 2 amide bonds. The van der Waals surface area contributed by atoms with Gasteiger partial charge in [-0.1, -0.05) is 30.3 Å². The van der Waals surface area contributed by atoms with Crippen LogP contribution in [0.1, 0.15) is 35.7 Å². The first-order valence-electron chi connectivity index (χ1n) is 10.1. The van der Waals surface area contributed by atoms with Crippen LogP contribution in [-0.2, 0) is 20.6 Å². The van der Waals surface area contributed by atoms with Crippen molar-refractivity contribution in [3.05, 3.63) is 65.7 Å². The highest BCUT2D eigenvalue weighted by Crippen LogP contribution is 2.23. The quantitative estimate of drug-likeness (QED) is 0.707. The van der Waals surface area contributed by atoms with E-state index in [1.807, 2.05) is 25.1 Å². The van der Waals surface area contributed by atoms with E-state index in [1.165, 1.54) is 4.31 Å². The summed E-state index contributed by atoms with van der Waals surface area (Å²) < 4.78 is 26.8. The van der Waals surface area contributed by atoms with Gasteiger partial charge in [-0.3, -0.25) is 9.59 Å². The topological polar surface area (TPSA) is 95.6 Å². The van der Waals surface area contributed by atoms with E-state index in [2.05, 4.69) is 10.6 Å². The summed E-state index contributed by atoms with van der Waals surface area (Å²) in [7, 11) is -3.40. The molecule has 1 heterocycles. The van der Waals surface area contributed by atoms with Crippen molar-refractivity contribution in [1.82, 2.24) is 9.62 Å². The number of carbonyl (C=O) groups is 2. The molecule has 0 unspecified atom stereocenters. The second kappa shape index (κ2) is 9.86. The molecule has 1 saturated heterocycles. The first-order chi connectivity index (χ1) is 14.4. The first kappa shape index (κ1) is 22.0. The lowest BCUT2D eigenvalue weighted by atomic mass is 9.97. The molecular formula is C22H27N3O4S. The Hall–Kier alpha value is -2.71. The Kier molecular flexibility index (Phi) is 7.23. The maximum absolute atomic E-state index is 12.6. The predicted octanol–water partition coefficient (Wildman–Crippen LogP) is 2.62. The minimum atomic E-state index is -3.40. The van der Waals surface area contributed by atoms with Gasteiger partial charge in [0.2, 0.25) is 15.9 Å². The summed E-state index contributed by atoms with van der Waals surface area (Å²) in [6, 6.07) is 15.8. The van der Waals surface area contributed by atoms with Crippen molar-refractivity contribution < 1.29 is 18.0 Å². The van der Waals surface area contributed by atoms with Crippen LogP contribution in [0.5, 0.6) is 0 Å². The highest BCUT2D eigenvalue weighted by atomic mass is 32.2. The third-order valence-electron chi connectivity index (χ3n) is 5.16. The Labute approximate surface area is 177 Å². The fourth-order valence-electron chi connectivity index (χ4n) is 3.48. The van der Waals surface area contributed by atoms with E-state index < -0.39 is 10.0 Å². The zero-order valence-corrected chi connectivity index (χ0v) is 17.8. The lowest BCUT2D eigenvalue weighted by molar-refractivity contribution is -0.120. The average molecular weight is 430 g/mol. The molecule has 7 nitrogen and oxygen atoms in total. The van der Waals surface area contributed by atoms with E-state index in [-0.39, 0.29) is 23.5 Å². The summed E-state index contributed by atoms with van der Waals surface area (Å²) >= 11 is 0. The molecule has 0 aromatic heterocycles. The zero-order chi connectivity index (χ0) is 21.6. The van der Waals surface area contributed by atoms with Crippen LogP contribution in [0.25, 0.3) is 0 Å². The van der Waals surface area contributed by atoms with Gasteiger partial charge >= 0.3 is 0 Å².